The van der Waals surface area contributed by atoms with E-state index in [1.165, 1.54) is 12.5 Å². The molecule has 0 heterocycles. The van der Waals surface area contributed by atoms with Crippen LogP contribution in [0, 0.1) is 28.6 Å². The molecule has 0 unspecified atom stereocenters. The number of esters is 1. The van der Waals surface area contributed by atoms with Crippen LogP contribution in [0.1, 0.15) is 72.6 Å². The van der Waals surface area contributed by atoms with E-state index in [1.807, 2.05) is 6.08 Å². The van der Waals surface area contributed by atoms with Gasteiger partial charge < -0.3 is 4.74 Å². The lowest BCUT2D eigenvalue weighted by molar-refractivity contribution is -0.186. The Morgan fingerprint density at radius 2 is 1.79 bits per heavy atom. The van der Waals surface area contributed by atoms with E-state index in [0.29, 0.717) is 30.6 Å². The monoisotopic (exact) mass is 384 g/mol. The van der Waals surface area contributed by atoms with E-state index >= 15 is 0 Å². The maximum Gasteiger partial charge on any atom is 0.303 e. The Labute approximate surface area is 167 Å². The van der Waals surface area contributed by atoms with Crippen molar-refractivity contribution in [3.63, 3.8) is 0 Å². The predicted molar refractivity (Wildman–Crippen MR) is 106 cm³/mol. The number of ether oxygens (including phenoxy) is 1. The zero-order chi connectivity index (χ0) is 20.5. The first-order valence-corrected chi connectivity index (χ1v) is 10.7. The van der Waals surface area contributed by atoms with Crippen LogP contribution in [0.2, 0.25) is 0 Å². The third-order valence-electron chi connectivity index (χ3n) is 9.06. The second-order valence-corrected chi connectivity index (χ2v) is 10.0. The Kier molecular flexibility index (Phi) is 4.30. The van der Waals surface area contributed by atoms with Crippen LogP contribution in [0.5, 0.6) is 0 Å². The third-order valence-corrected chi connectivity index (χ3v) is 9.06. The van der Waals surface area contributed by atoms with E-state index < -0.39 is 5.60 Å². The lowest BCUT2D eigenvalue weighted by Gasteiger charge is -2.59. The number of hydrogen-bond acceptors (Lipinski definition) is 4. The normalized spacial score (nSPS) is 44.9. The second-order valence-electron chi connectivity index (χ2n) is 10.0. The van der Waals surface area contributed by atoms with Crippen molar-refractivity contribution in [2.24, 2.45) is 28.6 Å². The summed E-state index contributed by atoms with van der Waals surface area (Å²) in [6, 6.07) is 0. The molecule has 0 amide bonds. The Hall–Kier alpha value is -1.71. The van der Waals surface area contributed by atoms with Gasteiger partial charge in [0.15, 0.2) is 17.2 Å². The largest absolute Gasteiger partial charge is 0.451 e. The van der Waals surface area contributed by atoms with Gasteiger partial charge in [-0.25, -0.2) is 0 Å². The van der Waals surface area contributed by atoms with Gasteiger partial charge in [0.05, 0.1) is 0 Å². The van der Waals surface area contributed by atoms with Crippen LogP contribution in [0.4, 0.5) is 0 Å². The molecule has 4 rings (SSSR count). The summed E-state index contributed by atoms with van der Waals surface area (Å²) in [5.74, 6) is 1.09. The van der Waals surface area contributed by atoms with Crippen molar-refractivity contribution in [1.82, 2.24) is 0 Å². The van der Waals surface area contributed by atoms with Crippen LogP contribution >= 0.6 is 0 Å². The third kappa shape index (κ3) is 2.32. The molecule has 28 heavy (non-hydrogen) atoms. The van der Waals surface area contributed by atoms with Crippen LogP contribution in [-0.2, 0) is 19.1 Å². The number of rotatable bonds is 2. The molecule has 0 aromatic heterocycles. The van der Waals surface area contributed by atoms with E-state index in [2.05, 4.69) is 20.4 Å². The standard InChI is InChI=1S/C24H32O4/c1-14-12-18(27)13-17-6-7-19-20-9-11-24(15(2)25,28-16(3)26)22(20,4)10-8-21(19)23(14,17)5/h13,19-21H,1,6-12H2,2-5H3/t19-,20-,21-,22-,23-,24-/m0/s1. The number of hydrogen-bond donors (Lipinski definition) is 0. The van der Waals surface area contributed by atoms with Crippen molar-refractivity contribution in [3.8, 4) is 0 Å². The number of ketones is 2. The Balaban J connectivity index is 1.73. The molecule has 0 radical (unpaired) electrons. The lowest BCUT2D eigenvalue weighted by atomic mass is 9.45. The van der Waals surface area contributed by atoms with Crippen LogP contribution in [0.3, 0.4) is 0 Å². The predicted octanol–water partition coefficient (Wildman–Crippen LogP) is 4.58. The van der Waals surface area contributed by atoms with Gasteiger partial charge in [0.25, 0.3) is 0 Å². The fourth-order valence-corrected chi connectivity index (χ4v) is 7.64. The van der Waals surface area contributed by atoms with Crippen molar-refractivity contribution >= 4 is 17.5 Å². The molecule has 4 aliphatic rings. The summed E-state index contributed by atoms with van der Waals surface area (Å²) in [5, 5.41) is 0. The molecular weight excluding hydrogens is 352 g/mol. The van der Waals surface area contributed by atoms with Crippen molar-refractivity contribution in [2.75, 3.05) is 0 Å². The minimum absolute atomic E-state index is 0.0126. The first kappa shape index (κ1) is 19.6. The summed E-state index contributed by atoms with van der Waals surface area (Å²) in [5.41, 5.74) is 0.916. The van der Waals surface area contributed by atoms with Gasteiger partial charge >= 0.3 is 5.97 Å². The molecule has 4 aliphatic carbocycles. The molecule has 4 nitrogen and oxygen atoms in total. The van der Waals surface area contributed by atoms with Crippen LogP contribution in [0.15, 0.2) is 23.8 Å². The molecule has 0 aromatic rings. The van der Waals surface area contributed by atoms with Crippen molar-refractivity contribution in [2.45, 2.75) is 78.2 Å². The summed E-state index contributed by atoms with van der Waals surface area (Å²) >= 11 is 0. The zero-order valence-electron chi connectivity index (χ0n) is 17.6. The average Bonchev–Trinajstić information content (AvgIpc) is 2.89. The minimum Gasteiger partial charge on any atom is -0.451 e. The summed E-state index contributed by atoms with van der Waals surface area (Å²) in [7, 11) is 0. The van der Waals surface area contributed by atoms with Crippen LogP contribution in [0.25, 0.3) is 0 Å². The molecule has 4 heteroatoms. The van der Waals surface area contributed by atoms with E-state index in [0.717, 1.165) is 37.7 Å². The van der Waals surface area contributed by atoms with E-state index in [9.17, 15) is 14.4 Å². The van der Waals surface area contributed by atoms with Gasteiger partial charge in [-0.1, -0.05) is 31.6 Å². The molecule has 0 bridgehead atoms. The highest BCUT2D eigenvalue weighted by atomic mass is 16.6. The molecular formula is C24H32O4. The number of fused-ring (bicyclic) bond motifs is 5. The minimum atomic E-state index is -0.981. The molecule has 6 atom stereocenters. The molecule has 0 N–H and O–H groups in total. The molecule has 0 aromatic carbocycles. The van der Waals surface area contributed by atoms with Crippen molar-refractivity contribution < 1.29 is 19.1 Å². The fraction of sp³-hybridized carbons (Fsp3) is 0.708. The Morgan fingerprint density at radius 1 is 1.11 bits per heavy atom. The van der Waals surface area contributed by atoms with Gasteiger partial charge in [0.1, 0.15) is 0 Å². The summed E-state index contributed by atoms with van der Waals surface area (Å²) < 4.78 is 5.82. The van der Waals surface area contributed by atoms with E-state index in [1.54, 1.807) is 6.92 Å². The molecule has 3 saturated carbocycles. The van der Waals surface area contributed by atoms with Crippen LogP contribution < -0.4 is 0 Å². The Bertz CT molecular complexity index is 807. The summed E-state index contributed by atoms with van der Waals surface area (Å²) in [6.45, 7) is 11.8. The summed E-state index contributed by atoms with van der Waals surface area (Å²) in [4.78, 5) is 36.8. The number of carbonyl (C=O) groups is 3. The maximum absolute atomic E-state index is 12.8. The first-order valence-electron chi connectivity index (χ1n) is 10.7. The number of allylic oxidation sites excluding steroid dienone is 2. The molecule has 0 spiro atoms. The SMILES string of the molecule is C=C1CC(=O)C=C2CC[C@@H]3[C@H](CC[C@@]4(C)[C@H]3CC[C@]4(OC(C)=O)C(C)=O)[C@@]12C. The van der Waals surface area contributed by atoms with Gasteiger partial charge in [-0.05, 0) is 69.3 Å². The quantitative estimate of drug-likeness (QED) is 0.517. The lowest BCUT2D eigenvalue weighted by Crippen LogP contribution is -2.58. The molecule has 3 fully saturated rings. The molecule has 0 aliphatic heterocycles. The molecule has 0 saturated heterocycles. The molecule has 152 valence electrons. The van der Waals surface area contributed by atoms with Gasteiger partial charge in [-0.2, -0.15) is 0 Å². The highest BCUT2D eigenvalue weighted by Crippen LogP contribution is 2.68. The maximum atomic E-state index is 12.8. The van der Waals surface area contributed by atoms with E-state index in [4.69, 9.17) is 4.74 Å². The van der Waals surface area contributed by atoms with E-state index in [-0.39, 0.29) is 28.4 Å². The smallest absolute Gasteiger partial charge is 0.303 e. The van der Waals surface area contributed by atoms with Gasteiger partial charge in [0.2, 0.25) is 0 Å². The topological polar surface area (TPSA) is 60.4 Å². The highest BCUT2D eigenvalue weighted by molar-refractivity contribution is 5.94. The second kappa shape index (κ2) is 6.14. The van der Waals surface area contributed by atoms with Crippen LogP contribution in [-0.4, -0.2) is 23.1 Å². The van der Waals surface area contributed by atoms with Gasteiger partial charge in [-0.15, -0.1) is 0 Å². The summed E-state index contributed by atoms with van der Waals surface area (Å²) in [6.07, 6.45) is 7.71. The first-order chi connectivity index (χ1) is 13.1. The average molecular weight is 385 g/mol. The zero-order valence-corrected chi connectivity index (χ0v) is 17.6. The fourth-order valence-electron chi connectivity index (χ4n) is 7.64. The number of Topliss-reactive ketones (excluding diaryl/α,β-unsaturated/α-hetero) is 1. The van der Waals surface area contributed by atoms with Gasteiger partial charge in [-0.3, -0.25) is 14.4 Å². The number of carbonyl (C=O) groups excluding carboxylic acids is 3. The van der Waals surface area contributed by atoms with Gasteiger partial charge in [0, 0.05) is 24.2 Å². The highest BCUT2D eigenvalue weighted by Gasteiger charge is 2.68. The van der Waals surface area contributed by atoms with Crippen molar-refractivity contribution in [1.29, 1.82) is 0 Å². The Morgan fingerprint density at radius 3 is 2.43 bits per heavy atom. The van der Waals surface area contributed by atoms with Crippen molar-refractivity contribution in [3.05, 3.63) is 23.8 Å².